The van der Waals surface area contributed by atoms with Gasteiger partial charge < -0.3 is 14.4 Å². The molecule has 30 heavy (non-hydrogen) atoms. The minimum Gasteiger partial charge on any atom is -0.493 e. The zero-order chi connectivity index (χ0) is 21.3. The lowest BCUT2D eigenvalue weighted by Crippen LogP contribution is -2.35. The van der Waals surface area contributed by atoms with E-state index < -0.39 is 0 Å². The van der Waals surface area contributed by atoms with Crippen molar-refractivity contribution < 1.29 is 14.3 Å². The highest BCUT2D eigenvalue weighted by Crippen LogP contribution is 2.30. The van der Waals surface area contributed by atoms with Gasteiger partial charge in [-0.25, -0.2) is 0 Å². The highest BCUT2D eigenvalue weighted by Gasteiger charge is 2.25. The van der Waals surface area contributed by atoms with Crippen molar-refractivity contribution in [2.45, 2.75) is 25.8 Å². The zero-order valence-corrected chi connectivity index (χ0v) is 17.9. The average molecular weight is 404 g/mol. The fourth-order valence-corrected chi connectivity index (χ4v) is 3.76. The number of benzene rings is 3. The maximum atomic E-state index is 13.3. The first-order valence-electron chi connectivity index (χ1n) is 10.3. The molecule has 4 heteroatoms. The molecule has 0 aliphatic rings. The van der Waals surface area contributed by atoms with Crippen molar-refractivity contribution in [1.82, 2.24) is 4.90 Å². The summed E-state index contributed by atoms with van der Waals surface area (Å²) in [6.07, 6.45) is 1.07. The first-order chi connectivity index (χ1) is 14.7. The molecule has 0 aliphatic carbocycles. The largest absolute Gasteiger partial charge is 0.493 e. The van der Waals surface area contributed by atoms with Crippen LogP contribution in [0.2, 0.25) is 0 Å². The molecule has 1 amide bonds. The molecular formula is C26H29NO3. The van der Waals surface area contributed by atoms with Crippen LogP contribution in [-0.2, 0) is 11.2 Å². The first kappa shape index (κ1) is 21.4. The Hall–Kier alpha value is -3.27. The molecular weight excluding hydrogens is 374 g/mol. The summed E-state index contributed by atoms with van der Waals surface area (Å²) in [7, 11) is 3.24. The molecule has 0 saturated heterocycles. The summed E-state index contributed by atoms with van der Waals surface area (Å²) >= 11 is 0. The molecule has 0 saturated carbocycles. The molecule has 0 N–H and O–H groups in total. The molecule has 0 atom stereocenters. The fourth-order valence-electron chi connectivity index (χ4n) is 3.76. The lowest BCUT2D eigenvalue weighted by Gasteiger charge is -2.32. The van der Waals surface area contributed by atoms with Crippen LogP contribution in [0.5, 0.6) is 11.5 Å². The SMILES string of the molecule is CCN(C(=O)CCc1ccc(OC)c(OC)c1)C(c1ccccc1)c1ccccc1. The van der Waals surface area contributed by atoms with Crippen LogP contribution in [0.4, 0.5) is 0 Å². The van der Waals surface area contributed by atoms with Gasteiger partial charge in [0.05, 0.1) is 20.3 Å². The standard InChI is InChI=1S/C26H29NO3/c1-4-27(25(28)18-16-20-15-17-23(29-2)24(19-20)30-3)26(21-11-7-5-8-12-21)22-13-9-6-10-14-22/h5-15,17,19,26H,4,16,18H2,1-3H3. The van der Waals surface area contributed by atoms with Crippen LogP contribution in [0.15, 0.2) is 78.9 Å². The summed E-state index contributed by atoms with van der Waals surface area (Å²) in [4.78, 5) is 15.2. The average Bonchev–Trinajstić information content (AvgIpc) is 2.81. The van der Waals surface area contributed by atoms with E-state index in [1.165, 1.54) is 0 Å². The number of methoxy groups -OCH3 is 2. The fraction of sp³-hybridized carbons (Fsp3) is 0.269. The number of carbonyl (C=O) groups is 1. The van der Waals surface area contributed by atoms with Crippen molar-refractivity contribution in [2.24, 2.45) is 0 Å². The number of rotatable bonds is 9. The molecule has 0 aliphatic heterocycles. The van der Waals surface area contributed by atoms with Gasteiger partial charge in [-0.15, -0.1) is 0 Å². The predicted octanol–water partition coefficient (Wildman–Crippen LogP) is 5.27. The Morgan fingerprint density at radius 3 is 1.90 bits per heavy atom. The third-order valence-corrected chi connectivity index (χ3v) is 5.28. The van der Waals surface area contributed by atoms with Gasteiger partial charge in [-0.1, -0.05) is 66.7 Å². The second kappa shape index (κ2) is 10.5. The molecule has 0 spiro atoms. The van der Waals surface area contributed by atoms with Crippen LogP contribution < -0.4 is 9.47 Å². The molecule has 0 heterocycles. The van der Waals surface area contributed by atoms with E-state index in [2.05, 4.69) is 24.3 Å². The highest BCUT2D eigenvalue weighted by atomic mass is 16.5. The van der Waals surface area contributed by atoms with Gasteiger partial charge in [0.25, 0.3) is 0 Å². The van der Waals surface area contributed by atoms with E-state index in [0.717, 1.165) is 16.7 Å². The summed E-state index contributed by atoms with van der Waals surface area (Å²) in [6, 6.07) is 26.1. The topological polar surface area (TPSA) is 38.8 Å². The number of hydrogen-bond donors (Lipinski definition) is 0. The van der Waals surface area contributed by atoms with Crippen molar-refractivity contribution in [3.8, 4) is 11.5 Å². The second-order valence-electron chi connectivity index (χ2n) is 7.09. The Labute approximate surface area is 179 Å². The molecule has 0 bridgehead atoms. The van der Waals surface area contributed by atoms with Crippen LogP contribution in [0.1, 0.15) is 36.1 Å². The highest BCUT2D eigenvalue weighted by molar-refractivity contribution is 5.77. The van der Waals surface area contributed by atoms with Gasteiger partial charge in [0.2, 0.25) is 5.91 Å². The summed E-state index contributed by atoms with van der Waals surface area (Å²) in [5.74, 6) is 1.50. The third kappa shape index (κ3) is 5.01. The molecule has 3 aromatic carbocycles. The molecule has 156 valence electrons. The molecule has 3 aromatic rings. The minimum atomic E-state index is -0.102. The molecule has 0 fully saturated rings. The molecule has 4 nitrogen and oxygen atoms in total. The van der Waals surface area contributed by atoms with E-state index in [4.69, 9.17) is 9.47 Å². The Morgan fingerprint density at radius 2 is 1.40 bits per heavy atom. The molecule has 0 radical (unpaired) electrons. The minimum absolute atomic E-state index is 0.102. The van der Waals surface area contributed by atoms with E-state index in [-0.39, 0.29) is 11.9 Å². The maximum absolute atomic E-state index is 13.3. The van der Waals surface area contributed by atoms with Crippen molar-refractivity contribution in [3.05, 3.63) is 95.6 Å². The number of amides is 1. The predicted molar refractivity (Wildman–Crippen MR) is 120 cm³/mol. The summed E-state index contributed by atoms with van der Waals surface area (Å²) in [6.45, 7) is 2.67. The zero-order valence-electron chi connectivity index (χ0n) is 17.9. The van der Waals surface area contributed by atoms with Gasteiger partial charge >= 0.3 is 0 Å². The maximum Gasteiger partial charge on any atom is 0.223 e. The van der Waals surface area contributed by atoms with Gasteiger partial charge in [-0.3, -0.25) is 4.79 Å². The number of nitrogens with zero attached hydrogens (tertiary/aromatic N) is 1. The van der Waals surface area contributed by atoms with Crippen molar-refractivity contribution in [1.29, 1.82) is 0 Å². The van der Waals surface area contributed by atoms with Gasteiger partial charge in [0.1, 0.15) is 0 Å². The van der Waals surface area contributed by atoms with Gasteiger partial charge in [0, 0.05) is 13.0 Å². The lowest BCUT2D eigenvalue weighted by atomic mass is 9.96. The summed E-state index contributed by atoms with van der Waals surface area (Å²) in [5.41, 5.74) is 3.28. The van der Waals surface area contributed by atoms with E-state index in [1.807, 2.05) is 66.4 Å². The summed E-state index contributed by atoms with van der Waals surface area (Å²) < 4.78 is 10.7. The van der Waals surface area contributed by atoms with Crippen LogP contribution >= 0.6 is 0 Å². The third-order valence-electron chi connectivity index (χ3n) is 5.28. The number of carbonyl (C=O) groups excluding carboxylic acids is 1. The molecule has 3 rings (SSSR count). The summed E-state index contributed by atoms with van der Waals surface area (Å²) in [5, 5.41) is 0. The first-order valence-corrected chi connectivity index (χ1v) is 10.3. The molecule has 0 aromatic heterocycles. The quantitative estimate of drug-likeness (QED) is 0.488. The van der Waals surface area contributed by atoms with E-state index in [1.54, 1.807) is 14.2 Å². The van der Waals surface area contributed by atoms with Crippen LogP contribution in [0, 0.1) is 0 Å². The van der Waals surface area contributed by atoms with Crippen molar-refractivity contribution >= 4 is 5.91 Å². The van der Waals surface area contributed by atoms with Gasteiger partial charge in [-0.2, -0.15) is 0 Å². The van der Waals surface area contributed by atoms with Gasteiger partial charge in [0.15, 0.2) is 11.5 Å². The number of ether oxygens (including phenoxy) is 2. The Morgan fingerprint density at radius 1 is 0.833 bits per heavy atom. The number of aryl methyl sites for hydroxylation is 1. The van der Waals surface area contributed by atoms with Crippen molar-refractivity contribution in [3.63, 3.8) is 0 Å². The van der Waals surface area contributed by atoms with Crippen LogP contribution in [0.25, 0.3) is 0 Å². The second-order valence-corrected chi connectivity index (χ2v) is 7.09. The van der Waals surface area contributed by atoms with E-state index >= 15 is 0 Å². The number of hydrogen-bond acceptors (Lipinski definition) is 3. The smallest absolute Gasteiger partial charge is 0.223 e. The monoisotopic (exact) mass is 403 g/mol. The van der Waals surface area contributed by atoms with Gasteiger partial charge in [-0.05, 0) is 42.2 Å². The van der Waals surface area contributed by atoms with Crippen molar-refractivity contribution in [2.75, 3.05) is 20.8 Å². The van der Waals surface area contributed by atoms with Crippen LogP contribution in [-0.4, -0.2) is 31.6 Å². The normalized spacial score (nSPS) is 10.7. The lowest BCUT2D eigenvalue weighted by molar-refractivity contribution is -0.132. The Kier molecular flexibility index (Phi) is 7.50. The van der Waals surface area contributed by atoms with E-state index in [9.17, 15) is 4.79 Å². The molecule has 0 unspecified atom stereocenters. The Balaban J connectivity index is 1.81. The van der Waals surface area contributed by atoms with Crippen LogP contribution in [0.3, 0.4) is 0 Å². The van der Waals surface area contributed by atoms with E-state index in [0.29, 0.717) is 30.9 Å². The Bertz CT molecular complexity index is 902.